The number of hydrogen-bond donors (Lipinski definition) is 0. The first-order valence-corrected chi connectivity index (χ1v) is 11.4. The minimum Gasteiger partial charge on any atom is -0.462 e. The Bertz CT molecular complexity index is 1400. The lowest BCUT2D eigenvalue weighted by atomic mass is 9.85. The van der Waals surface area contributed by atoms with Gasteiger partial charge in [0.15, 0.2) is 5.78 Å². The van der Waals surface area contributed by atoms with Gasteiger partial charge in [-0.2, -0.15) is 0 Å². The van der Waals surface area contributed by atoms with Crippen LogP contribution in [0, 0.1) is 6.92 Å². The number of esters is 1. The smallest absolute Gasteiger partial charge is 0.339 e. The summed E-state index contributed by atoms with van der Waals surface area (Å²) in [6.45, 7) is 4.11. The van der Waals surface area contributed by atoms with Crippen LogP contribution in [0.3, 0.4) is 0 Å². The maximum absolute atomic E-state index is 13.9. The Morgan fingerprint density at radius 2 is 1.69 bits per heavy atom. The van der Waals surface area contributed by atoms with E-state index in [1.807, 2.05) is 74.5 Å². The molecule has 0 N–H and O–H groups in total. The number of hydrogen-bond acceptors (Lipinski definition) is 3. The van der Waals surface area contributed by atoms with Gasteiger partial charge in [0.05, 0.1) is 12.2 Å². The number of ether oxygens (including phenoxy) is 1. The molecule has 4 heteroatoms. The lowest BCUT2D eigenvalue weighted by Gasteiger charge is -2.18. The Labute approximate surface area is 195 Å². The second-order valence-corrected chi connectivity index (χ2v) is 8.96. The molecule has 0 amide bonds. The van der Waals surface area contributed by atoms with Crippen molar-refractivity contribution in [1.82, 2.24) is 0 Å². The fraction of sp³-hybridized carbons (Fsp3) is 0.143. The summed E-state index contributed by atoms with van der Waals surface area (Å²) in [6.07, 6.45) is 0.601. The van der Waals surface area contributed by atoms with Crippen LogP contribution in [0.15, 0.2) is 71.2 Å². The van der Waals surface area contributed by atoms with Crippen molar-refractivity contribution in [3.8, 4) is 11.1 Å². The third kappa shape index (κ3) is 3.26. The van der Waals surface area contributed by atoms with Gasteiger partial charge >= 0.3 is 5.97 Å². The highest BCUT2D eigenvalue weighted by Gasteiger charge is 2.32. The van der Waals surface area contributed by atoms with E-state index in [0.29, 0.717) is 29.7 Å². The van der Waals surface area contributed by atoms with Gasteiger partial charge < -0.3 is 4.74 Å². The summed E-state index contributed by atoms with van der Waals surface area (Å²) in [5, 5.41) is 1.55. The highest BCUT2D eigenvalue weighted by atomic mass is 79.9. The molecule has 0 bridgehead atoms. The normalized spacial score (nSPS) is 11.8. The van der Waals surface area contributed by atoms with E-state index >= 15 is 0 Å². The van der Waals surface area contributed by atoms with Gasteiger partial charge in [0.2, 0.25) is 0 Å². The van der Waals surface area contributed by atoms with E-state index < -0.39 is 0 Å². The Hall–Kier alpha value is -3.24. The lowest BCUT2D eigenvalue weighted by Crippen LogP contribution is -2.13. The maximum Gasteiger partial charge on any atom is 0.339 e. The average Bonchev–Trinajstić information content (AvgIpc) is 3.16. The standard InChI is InChI=1S/C28H21BrO3/c1-3-32-28(31)25-21-13-8-16(2)14-22(21)26(27(30)17-9-11-19(29)12-10-17)24-20-7-5-4-6-18(20)15-23(24)25/h4-14H,3,15H2,1-2H3. The summed E-state index contributed by atoms with van der Waals surface area (Å²) in [5.74, 6) is -0.385. The molecule has 1 aliphatic carbocycles. The number of benzene rings is 4. The molecule has 0 atom stereocenters. The fourth-order valence-corrected chi connectivity index (χ4v) is 4.92. The van der Waals surface area contributed by atoms with Crippen molar-refractivity contribution >= 4 is 38.5 Å². The maximum atomic E-state index is 13.9. The molecule has 158 valence electrons. The number of aryl methyl sites for hydroxylation is 1. The fourth-order valence-electron chi connectivity index (χ4n) is 4.66. The van der Waals surface area contributed by atoms with Crippen LogP contribution in [-0.4, -0.2) is 18.4 Å². The molecule has 1 aliphatic rings. The number of ketones is 1. The molecular weight excluding hydrogens is 464 g/mol. The predicted molar refractivity (Wildman–Crippen MR) is 130 cm³/mol. The zero-order valence-electron chi connectivity index (χ0n) is 17.9. The van der Waals surface area contributed by atoms with E-state index in [1.54, 1.807) is 0 Å². The summed E-state index contributed by atoms with van der Waals surface area (Å²) >= 11 is 3.45. The molecule has 4 aromatic carbocycles. The van der Waals surface area contributed by atoms with Crippen LogP contribution in [0.1, 0.15) is 49.9 Å². The van der Waals surface area contributed by atoms with Crippen LogP contribution in [0.2, 0.25) is 0 Å². The largest absolute Gasteiger partial charge is 0.462 e. The van der Waals surface area contributed by atoms with Crippen molar-refractivity contribution in [1.29, 1.82) is 0 Å². The van der Waals surface area contributed by atoms with E-state index in [4.69, 9.17) is 4.74 Å². The molecule has 0 saturated carbocycles. The summed E-state index contributed by atoms with van der Waals surface area (Å²) in [7, 11) is 0. The molecule has 0 fully saturated rings. The van der Waals surface area contributed by atoms with E-state index in [0.717, 1.165) is 43.1 Å². The molecule has 4 aromatic rings. The van der Waals surface area contributed by atoms with Crippen LogP contribution in [0.4, 0.5) is 0 Å². The number of carbonyl (C=O) groups excluding carboxylic acids is 2. The molecule has 0 aliphatic heterocycles. The Balaban J connectivity index is 1.91. The van der Waals surface area contributed by atoms with Crippen molar-refractivity contribution in [3.63, 3.8) is 0 Å². The second-order valence-electron chi connectivity index (χ2n) is 8.04. The van der Waals surface area contributed by atoms with Crippen molar-refractivity contribution in [2.75, 3.05) is 6.61 Å². The molecule has 0 unspecified atom stereocenters. The predicted octanol–water partition coefficient (Wildman–Crippen LogP) is 6.89. The van der Waals surface area contributed by atoms with Gasteiger partial charge in [-0.25, -0.2) is 4.79 Å². The molecule has 5 rings (SSSR count). The molecule has 0 aromatic heterocycles. The Morgan fingerprint density at radius 3 is 2.44 bits per heavy atom. The first-order valence-electron chi connectivity index (χ1n) is 10.6. The van der Waals surface area contributed by atoms with E-state index in [2.05, 4.69) is 22.0 Å². The average molecular weight is 485 g/mol. The molecule has 3 nitrogen and oxygen atoms in total. The van der Waals surface area contributed by atoms with Gasteiger partial charge in [0.25, 0.3) is 0 Å². The van der Waals surface area contributed by atoms with Gasteiger partial charge in [-0.15, -0.1) is 0 Å². The van der Waals surface area contributed by atoms with Gasteiger partial charge in [-0.1, -0.05) is 64.0 Å². The first-order chi connectivity index (χ1) is 15.5. The summed E-state index contributed by atoms with van der Waals surface area (Å²) in [6, 6.07) is 21.4. The van der Waals surface area contributed by atoms with Gasteiger partial charge in [0, 0.05) is 15.6 Å². The van der Waals surface area contributed by atoms with Gasteiger partial charge in [-0.05, 0) is 77.6 Å². The molecule has 0 spiro atoms. The molecule has 0 heterocycles. The van der Waals surface area contributed by atoms with Gasteiger partial charge in [-0.3, -0.25) is 4.79 Å². The Kier molecular flexibility index (Phi) is 5.18. The molecular formula is C28H21BrO3. The number of fused-ring (bicyclic) bond motifs is 4. The summed E-state index contributed by atoms with van der Waals surface area (Å²) in [5.41, 5.74) is 6.73. The van der Waals surface area contributed by atoms with Crippen molar-refractivity contribution in [3.05, 3.63) is 105 Å². The second kappa shape index (κ2) is 8.03. The molecule has 0 saturated heterocycles. The third-order valence-corrected chi connectivity index (χ3v) is 6.56. The zero-order chi connectivity index (χ0) is 22.4. The van der Waals surface area contributed by atoms with Crippen LogP contribution < -0.4 is 0 Å². The lowest BCUT2D eigenvalue weighted by molar-refractivity contribution is 0.0527. The van der Waals surface area contributed by atoms with E-state index in [1.165, 1.54) is 0 Å². The highest BCUT2D eigenvalue weighted by Crippen LogP contribution is 2.46. The van der Waals surface area contributed by atoms with Crippen LogP contribution in [-0.2, 0) is 11.2 Å². The summed E-state index contributed by atoms with van der Waals surface area (Å²) in [4.78, 5) is 27.1. The van der Waals surface area contributed by atoms with Crippen molar-refractivity contribution < 1.29 is 14.3 Å². The van der Waals surface area contributed by atoms with Crippen LogP contribution in [0.5, 0.6) is 0 Å². The number of halogens is 1. The number of rotatable bonds is 4. The topological polar surface area (TPSA) is 43.4 Å². The zero-order valence-corrected chi connectivity index (χ0v) is 19.5. The van der Waals surface area contributed by atoms with Crippen molar-refractivity contribution in [2.24, 2.45) is 0 Å². The molecule has 32 heavy (non-hydrogen) atoms. The minimum atomic E-state index is -0.340. The number of carbonyl (C=O) groups is 2. The van der Waals surface area contributed by atoms with E-state index in [9.17, 15) is 9.59 Å². The molecule has 0 radical (unpaired) electrons. The van der Waals surface area contributed by atoms with Gasteiger partial charge in [0.1, 0.15) is 0 Å². The quantitative estimate of drug-likeness (QED) is 0.206. The summed E-state index contributed by atoms with van der Waals surface area (Å²) < 4.78 is 6.38. The highest BCUT2D eigenvalue weighted by molar-refractivity contribution is 9.10. The van der Waals surface area contributed by atoms with E-state index in [-0.39, 0.29) is 11.8 Å². The monoisotopic (exact) mass is 484 g/mol. The Morgan fingerprint density at radius 1 is 0.938 bits per heavy atom. The van der Waals surface area contributed by atoms with Crippen molar-refractivity contribution in [2.45, 2.75) is 20.3 Å². The SMILES string of the molecule is CCOC(=O)c1c2c(c(C(=O)c3ccc(Br)cc3)c3cc(C)ccc13)-c1ccccc1C2. The van der Waals surface area contributed by atoms with Crippen LogP contribution in [0.25, 0.3) is 21.9 Å². The first kappa shape index (κ1) is 20.7. The minimum absolute atomic E-state index is 0.0449. The third-order valence-electron chi connectivity index (χ3n) is 6.03. The van der Waals surface area contributed by atoms with Crippen LogP contribution >= 0.6 is 15.9 Å².